The number of carbonyl (C=O) groups is 4. The zero-order valence-electron chi connectivity index (χ0n) is 28.4. The van der Waals surface area contributed by atoms with Crippen LogP contribution in [0.1, 0.15) is 122 Å². The Balaban J connectivity index is 1.25. The van der Waals surface area contributed by atoms with Gasteiger partial charge in [0.2, 0.25) is 18.1 Å². The minimum atomic E-state index is -0.264. The molecule has 12 nitrogen and oxygen atoms in total. The minimum absolute atomic E-state index is 0.0895. The zero-order valence-corrected chi connectivity index (χ0v) is 28.4. The van der Waals surface area contributed by atoms with Gasteiger partial charge >= 0.3 is 11.9 Å². The van der Waals surface area contributed by atoms with Crippen LogP contribution in [0.15, 0.2) is 37.4 Å². The second-order valence-electron chi connectivity index (χ2n) is 12.1. The van der Waals surface area contributed by atoms with E-state index in [0.717, 1.165) is 109 Å². The van der Waals surface area contributed by atoms with E-state index >= 15 is 0 Å². The number of amides is 2. The van der Waals surface area contributed by atoms with Crippen molar-refractivity contribution in [2.75, 3.05) is 26.3 Å². The maximum Gasteiger partial charge on any atom is 0.305 e. The summed E-state index contributed by atoms with van der Waals surface area (Å²) in [6.07, 6.45) is 27.4. The predicted octanol–water partition coefficient (Wildman–Crippen LogP) is 4.93. The molecule has 2 aromatic rings. The molecule has 0 aliphatic heterocycles. The molecule has 0 aromatic carbocycles. The molecule has 2 aromatic heterocycles. The first kappa shape index (κ1) is 39.5. The summed E-state index contributed by atoms with van der Waals surface area (Å²) in [6.45, 7) is 3.44. The van der Waals surface area contributed by atoms with Crippen LogP contribution in [0.5, 0.6) is 0 Å². The van der Waals surface area contributed by atoms with Crippen molar-refractivity contribution < 1.29 is 33.2 Å². The maximum atomic E-state index is 11.9. The molecule has 0 aliphatic rings. The Bertz CT molecular complexity index is 1080. The van der Waals surface area contributed by atoms with Crippen molar-refractivity contribution in [1.29, 1.82) is 0 Å². The fourth-order valence-electron chi connectivity index (χ4n) is 5.15. The Morgan fingerprint density at radius 1 is 0.660 bits per heavy atom. The molecule has 0 atom stereocenters. The SMILES string of the molecule is O=C(CCCCC[n+]1cc[nH]c1)NCCCCCCCC(=O)OCCOC(=O)CCCCCCCNC(=O)CCCCn1ccnc1. The molecule has 2 heterocycles. The van der Waals surface area contributed by atoms with Gasteiger partial charge in [-0.1, -0.05) is 38.5 Å². The van der Waals surface area contributed by atoms with E-state index in [0.29, 0.717) is 38.8 Å². The van der Waals surface area contributed by atoms with E-state index in [4.69, 9.17) is 9.47 Å². The van der Waals surface area contributed by atoms with Gasteiger partial charge in [-0.05, 0) is 57.8 Å². The highest BCUT2D eigenvalue weighted by Crippen LogP contribution is 2.08. The van der Waals surface area contributed by atoms with E-state index in [1.54, 1.807) is 12.5 Å². The fraction of sp³-hybridized carbons (Fsp3) is 0.714. The summed E-state index contributed by atoms with van der Waals surface area (Å²) in [6, 6.07) is 0. The Labute approximate surface area is 280 Å². The number of imidazole rings is 2. The van der Waals surface area contributed by atoms with E-state index in [9.17, 15) is 19.2 Å². The molecule has 0 saturated heterocycles. The summed E-state index contributed by atoms with van der Waals surface area (Å²) in [5.74, 6) is -0.292. The number of hydrogen-bond donors (Lipinski definition) is 3. The largest absolute Gasteiger partial charge is 0.462 e. The first-order chi connectivity index (χ1) is 23.0. The van der Waals surface area contributed by atoms with Crippen molar-refractivity contribution in [3.63, 3.8) is 0 Å². The summed E-state index contributed by atoms with van der Waals surface area (Å²) >= 11 is 0. The Kier molecular flexibility index (Phi) is 23.0. The fourth-order valence-corrected chi connectivity index (χ4v) is 5.15. The van der Waals surface area contributed by atoms with Gasteiger partial charge in [-0.3, -0.25) is 24.2 Å². The maximum absolute atomic E-state index is 11.9. The number of unbranched alkanes of at least 4 members (excludes halogenated alkanes) is 11. The molecule has 0 radical (unpaired) electrons. The number of aryl methyl sites for hydroxylation is 2. The zero-order chi connectivity index (χ0) is 33.6. The highest BCUT2D eigenvalue weighted by Gasteiger charge is 2.07. The van der Waals surface area contributed by atoms with Crippen LogP contribution >= 0.6 is 0 Å². The Morgan fingerprint density at radius 3 is 1.74 bits per heavy atom. The van der Waals surface area contributed by atoms with Crippen LogP contribution in [-0.2, 0) is 41.7 Å². The van der Waals surface area contributed by atoms with Gasteiger partial charge in [-0.2, -0.15) is 0 Å². The van der Waals surface area contributed by atoms with Gasteiger partial charge in [0.05, 0.1) is 12.9 Å². The summed E-state index contributed by atoms with van der Waals surface area (Å²) in [5.41, 5.74) is 0. The van der Waals surface area contributed by atoms with E-state index in [2.05, 4.69) is 25.2 Å². The summed E-state index contributed by atoms with van der Waals surface area (Å²) in [5, 5.41) is 5.97. The van der Waals surface area contributed by atoms with Crippen LogP contribution in [-0.4, -0.2) is 64.6 Å². The van der Waals surface area contributed by atoms with Gasteiger partial charge in [0.1, 0.15) is 25.6 Å². The van der Waals surface area contributed by atoms with Crippen molar-refractivity contribution in [1.82, 2.24) is 25.2 Å². The third-order valence-corrected chi connectivity index (χ3v) is 7.92. The van der Waals surface area contributed by atoms with Crippen molar-refractivity contribution in [3.8, 4) is 0 Å². The number of nitrogens with one attached hydrogen (secondary N) is 3. The number of aromatic nitrogens is 4. The van der Waals surface area contributed by atoms with Gasteiger partial charge in [0.15, 0.2) is 0 Å². The lowest BCUT2D eigenvalue weighted by molar-refractivity contribution is -0.696. The molecular formula is C35H59N6O6+. The number of hydrogen-bond acceptors (Lipinski definition) is 7. The lowest BCUT2D eigenvalue weighted by Gasteiger charge is -2.07. The van der Waals surface area contributed by atoms with E-state index in [1.165, 1.54) is 0 Å². The molecule has 0 spiro atoms. The molecular weight excluding hydrogens is 600 g/mol. The minimum Gasteiger partial charge on any atom is -0.462 e. The molecule has 0 saturated carbocycles. The van der Waals surface area contributed by atoms with E-state index in [1.807, 2.05) is 29.5 Å². The number of carbonyl (C=O) groups excluding carboxylic acids is 4. The van der Waals surface area contributed by atoms with Gasteiger partial charge < -0.3 is 24.7 Å². The average Bonchev–Trinajstić information content (AvgIpc) is 3.79. The molecule has 0 bridgehead atoms. The number of H-pyrrole nitrogens is 1. The second kappa shape index (κ2) is 27.4. The molecule has 264 valence electrons. The van der Waals surface area contributed by atoms with Crippen molar-refractivity contribution in [3.05, 3.63) is 37.4 Å². The molecule has 3 N–H and O–H groups in total. The summed E-state index contributed by atoms with van der Waals surface area (Å²) in [4.78, 5) is 54.7. The standard InChI is InChI=1S/C35H58N6O6/c42-32(16-8-7-14-24-40-26-22-36-30-40)38-20-12-5-1-3-9-18-34(44)46-28-29-47-35(45)19-10-4-2-6-13-21-39-33(43)17-11-15-25-41-27-23-37-31-41/h22-23,26-27,30-31H,1-21,24-25,28-29H2,(H2,38,39,42,43)/p+1. The van der Waals surface area contributed by atoms with Gasteiger partial charge in [-0.15, -0.1) is 0 Å². The second-order valence-corrected chi connectivity index (χ2v) is 12.1. The predicted molar refractivity (Wildman–Crippen MR) is 179 cm³/mol. The van der Waals surface area contributed by atoms with Crippen molar-refractivity contribution >= 4 is 23.8 Å². The molecule has 47 heavy (non-hydrogen) atoms. The number of rotatable bonds is 30. The third-order valence-electron chi connectivity index (χ3n) is 7.92. The number of aromatic amines is 1. The molecule has 12 heteroatoms. The molecule has 2 rings (SSSR count). The van der Waals surface area contributed by atoms with Crippen LogP contribution in [0, 0.1) is 0 Å². The van der Waals surface area contributed by atoms with E-state index in [-0.39, 0.29) is 37.0 Å². The highest BCUT2D eigenvalue weighted by atomic mass is 16.6. The number of esters is 2. The number of nitrogens with zero attached hydrogens (tertiary/aromatic N) is 3. The molecule has 0 aliphatic carbocycles. The van der Waals surface area contributed by atoms with Crippen LogP contribution < -0.4 is 15.2 Å². The lowest BCUT2D eigenvalue weighted by atomic mass is 10.1. The van der Waals surface area contributed by atoms with Gasteiger partial charge in [0, 0.05) is 57.7 Å². The molecule has 0 unspecified atom stereocenters. The summed E-state index contributed by atoms with van der Waals surface area (Å²) < 4.78 is 14.5. The first-order valence-electron chi connectivity index (χ1n) is 17.8. The normalized spacial score (nSPS) is 10.9. The van der Waals surface area contributed by atoms with Crippen molar-refractivity contribution in [2.24, 2.45) is 0 Å². The third kappa shape index (κ3) is 23.3. The smallest absolute Gasteiger partial charge is 0.305 e. The monoisotopic (exact) mass is 659 g/mol. The topological polar surface area (TPSA) is 148 Å². The van der Waals surface area contributed by atoms with Crippen LogP contribution in [0.3, 0.4) is 0 Å². The van der Waals surface area contributed by atoms with Crippen LogP contribution in [0.4, 0.5) is 0 Å². The average molecular weight is 660 g/mol. The number of ether oxygens (including phenoxy) is 2. The van der Waals surface area contributed by atoms with Gasteiger partial charge in [-0.25, -0.2) is 9.55 Å². The first-order valence-corrected chi connectivity index (χ1v) is 17.8. The highest BCUT2D eigenvalue weighted by molar-refractivity contribution is 5.76. The quantitative estimate of drug-likeness (QED) is 0.0612. The summed E-state index contributed by atoms with van der Waals surface area (Å²) in [7, 11) is 0. The molecule has 0 fully saturated rings. The van der Waals surface area contributed by atoms with Gasteiger partial charge in [0.25, 0.3) is 0 Å². The van der Waals surface area contributed by atoms with Crippen LogP contribution in [0.25, 0.3) is 0 Å². The van der Waals surface area contributed by atoms with Crippen molar-refractivity contribution in [2.45, 2.75) is 135 Å². The van der Waals surface area contributed by atoms with E-state index < -0.39 is 0 Å². The Morgan fingerprint density at radius 2 is 1.19 bits per heavy atom. The van der Waals surface area contributed by atoms with Crippen LogP contribution in [0.2, 0.25) is 0 Å². The lowest BCUT2D eigenvalue weighted by Crippen LogP contribution is -2.30. The molecule has 2 amide bonds. The Hall–Kier alpha value is -3.70.